The lowest BCUT2D eigenvalue weighted by molar-refractivity contribution is -0.128. The van der Waals surface area contributed by atoms with E-state index in [2.05, 4.69) is 5.32 Å². The molecule has 3 nitrogen and oxygen atoms in total. The lowest BCUT2D eigenvalue weighted by Crippen LogP contribution is -2.53. The summed E-state index contributed by atoms with van der Waals surface area (Å²) in [5.74, 6) is -1.85. The van der Waals surface area contributed by atoms with Crippen molar-refractivity contribution in [3.63, 3.8) is 0 Å². The van der Waals surface area contributed by atoms with Gasteiger partial charge in [0, 0.05) is 11.1 Å². The summed E-state index contributed by atoms with van der Waals surface area (Å²) in [6.07, 6.45) is 3.46. The van der Waals surface area contributed by atoms with Gasteiger partial charge in [-0.2, -0.15) is 0 Å². The number of carbonyl (C=O) groups excluding carboxylic acids is 1. The molecule has 1 aromatic rings. The van der Waals surface area contributed by atoms with Crippen molar-refractivity contribution in [3.05, 3.63) is 35.4 Å². The topological polar surface area (TPSA) is 55.1 Å². The van der Waals surface area contributed by atoms with E-state index >= 15 is 0 Å². The van der Waals surface area contributed by atoms with Crippen molar-refractivity contribution in [3.8, 4) is 0 Å². The highest BCUT2D eigenvalue weighted by molar-refractivity contribution is 5.80. The van der Waals surface area contributed by atoms with Crippen LogP contribution in [-0.2, 0) is 4.79 Å². The van der Waals surface area contributed by atoms with Gasteiger partial charge >= 0.3 is 0 Å². The van der Waals surface area contributed by atoms with Gasteiger partial charge in [-0.3, -0.25) is 4.79 Å². The van der Waals surface area contributed by atoms with Gasteiger partial charge < -0.3 is 11.1 Å². The molecule has 3 atom stereocenters. The standard InChI is InChI=1S/C16H22F2N2O/c1-10(14-12(17)7-5-8-13(14)18)20-15(21)11-6-3-4-9-16(11,2)19/h5,7-8,10-11H,3-4,6,9,19H2,1-2H3,(H,20,21). The second kappa shape index (κ2) is 6.10. The van der Waals surface area contributed by atoms with Crippen LogP contribution >= 0.6 is 0 Å². The number of halogens is 2. The SMILES string of the molecule is CC(NC(=O)C1CCCCC1(C)N)c1c(F)cccc1F. The number of benzene rings is 1. The van der Waals surface area contributed by atoms with Crippen molar-refractivity contribution in [1.82, 2.24) is 5.32 Å². The van der Waals surface area contributed by atoms with Gasteiger partial charge in [-0.25, -0.2) is 8.78 Å². The number of nitrogens with one attached hydrogen (secondary N) is 1. The summed E-state index contributed by atoms with van der Waals surface area (Å²) in [5, 5.41) is 2.70. The lowest BCUT2D eigenvalue weighted by atomic mass is 9.74. The van der Waals surface area contributed by atoms with Crippen LogP contribution in [0.15, 0.2) is 18.2 Å². The number of hydrogen-bond acceptors (Lipinski definition) is 2. The molecule has 1 aliphatic rings. The highest BCUT2D eigenvalue weighted by atomic mass is 19.1. The van der Waals surface area contributed by atoms with Crippen molar-refractivity contribution in [2.24, 2.45) is 11.7 Å². The van der Waals surface area contributed by atoms with Crippen molar-refractivity contribution >= 4 is 5.91 Å². The van der Waals surface area contributed by atoms with Crippen LogP contribution in [0.3, 0.4) is 0 Å². The maximum Gasteiger partial charge on any atom is 0.225 e. The molecule has 1 amide bonds. The molecule has 0 spiro atoms. The first-order valence-electron chi connectivity index (χ1n) is 7.36. The Kier molecular flexibility index (Phi) is 4.61. The van der Waals surface area contributed by atoms with Gasteiger partial charge in [-0.1, -0.05) is 18.9 Å². The molecule has 1 saturated carbocycles. The predicted octanol–water partition coefficient (Wildman–Crippen LogP) is 3.05. The summed E-state index contributed by atoms with van der Waals surface area (Å²) < 4.78 is 27.5. The van der Waals surface area contributed by atoms with Crippen molar-refractivity contribution in [2.45, 2.75) is 51.1 Å². The number of hydrogen-bond donors (Lipinski definition) is 2. The fourth-order valence-corrected chi connectivity index (χ4v) is 3.10. The smallest absolute Gasteiger partial charge is 0.225 e. The highest BCUT2D eigenvalue weighted by Crippen LogP contribution is 2.32. The zero-order chi connectivity index (χ0) is 15.6. The second-order valence-corrected chi connectivity index (χ2v) is 6.17. The molecular formula is C16H22F2N2O. The summed E-state index contributed by atoms with van der Waals surface area (Å²) in [6, 6.07) is 2.96. The fraction of sp³-hybridized carbons (Fsp3) is 0.562. The van der Waals surface area contributed by atoms with E-state index in [4.69, 9.17) is 5.73 Å². The minimum Gasteiger partial charge on any atom is -0.349 e. The summed E-state index contributed by atoms with van der Waals surface area (Å²) in [6.45, 7) is 3.45. The van der Waals surface area contributed by atoms with Crippen molar-refractivity contribution < 1.29 is 13.6 Å². The Morgan fingerprint density at radius 2 is 2.00 bits per heavy atom. The van der Waals surface area contributed by atoms with E-state index in [1.165, 1.54) is 18.2 Å². The third kappa shape index (κ3) is 3.40. The molecule has 3 N–H and O–H groups in total. The van der Waals surface area contributed by atoms with Crippen LogP contribution < -0.4 is 11.1 Å². The Labute approximate surface area is 123 Å². The van der Waals surface area contributed by atoms with E-state index in [0.29, 0.717) is 6.42 Å². The van der Waals surface area contributed by atoms with Crippen LogP contribution in [0.4, 0.5) is 8.78 Å². The summed E-state index contributed by atoms with van der Waals surface area (Å²) in [7, 11) is 0. The van der Waals surface area contributed by atoms with Crippen LogP contribution in [0, 0.1) is 17.6 Å². The quantitative estimate of drug-likeness (QED) is 0.900. The summed E-state index contributed by atoms with van der Waals surface area (Å²) >= 11 is 0. The van der Waals surface area contributed by atoms with E-state index < -0.39 is 23.2 Å². The number of rotatable bonds is 3. The Hall–Kier alpha value is -1.49. The van der Waals surface area contributed by atoms with E-state index in [-0.39, 0.29) is 17.4 Å². The molecule has 21 heavy (non-hydrogen) atoms. The minimum atomic E-state index is -0.726. The number of amides is 1. The molecule has 0 aliphatic heterocycles. The molecular weight excluding hydrogens is 274 g/mol. The zero-order valence-electron chi connectivity index (χ0n) is 12.5. The Balaban J connectivity index is 2.12. The molecule has 116 valence electrons. The van der Waals surface area contributed by atoms with E-state index in [0.717, 1.165) is 19.3 Å². The van der Waals surface area contributed by atoms with Crippen LogP contribution in [0.1, 0.15) is 51.1 Å². The van der Waals surface area contributed by atoms with Crippen LogP contribution in [-0.4, -0.2) is 11.4 Å². The van der Waals surface area contributed by atoms with Crippen LogP contribution in [0.5, 0.6) is 0 Å². The third-order valence-electron chi connectivity index (χ3n) is 4.36. The van der Waals surface area contributed by atoms with Crippen LogP contribution in [0.25, 0.3) is 0 Å². The summed E-state index contributed by atoms with van der Waals surface area (Å²) in [4.78, 5) is 12.4. The molecule has 0 heterocycles. The fourth-order valence-electron chi connectivity index (χ4n) is 3.10. The normalized spacial score (nSPS) is 27.2. The largest absolute Gasteiger partial charge is 0.349 e. The van der Waals surface area contributed by atoms with Gasteiger partial charge in [0.15, 0.2) is 0 Å². The Bertz CT molecular complexity index is 511. The first-order chi connectivity index (χ1) is 9.83. The van der Waals surface area contributed by atoms with Gasteiger partial charge in [0.2, 0.25) is 5.91 Å². The number of carbonyl (C=O) groups is 1. The molecule has 1 aliphatic carbocycles. The van der Waals surface area contributed by atoms with Gasteiger partial charge in [0.05, 0.1) is 12.0 Å². The van der Waals surface area contributed by atoms with Crippen molar-refractivity contribution in [1.29, 1.82) is 0 Å². The average molecular weight is 296 g/mol. The monoisotopic (exact) mass is 296 g/mol. The highest BCUT2D eigenvalue weighted by Gasteiger charge is 2.38. The van der Waals surface area contributed by atoms with Gasteiger partial charge in [-0.05, 0) is 38.8 Å². The van der Waals surface area contributed by atoms with E-state index in [9.17, 15) is 13.6 Å². The zero-order valence-corrected chi connectivity index (χ0v) is 12.5. The van der Waals surface area contributed by atoms with Crippen LogP contribution in [0.2, 0.25) is 0 Å². The van der Waals surface area contributed by atoms with Gasteiger partial charge in [-0.15, -0.1) is 0 Å². The molecule has 2 rings (SSSR count). The van der Waals surface area contributed by atoms with Gasteiger partial charge in [0.25, 0.3) is 0 Å². The summed E-state index contributed by atoms with van der Waals surface area (Å²) in [5.41, 5.74) is 5.52. The maximum absolute atomic E-state index is 13.7. The Morgan fingerprint density at radius 3 is 2.57 bits per heavy atom. The first-order valence-corrected chi connectivity index (χ1v) is 7.36. The molecule has 0 bridgehead atoms. The Morgan fingerprint density at radius 1 is 1.38 bits per heavy atom. The van der Waals surface area contributed by atoms with Gasteiger partial charge in [0.1, 0.15) is 11.6 Å². The molecule has 1 fully saturated rings. The van der Waals surface area contributed by atoms with Crippen molar-refractivity contribution in [2.75, 3.05) is 0 Å². The lowest BCUT2D eigenvalue weighted by Gasteiger charge is -2.37. The number of nitrogens with two attached hydrogens (primary N) is 1. The minimum absolute atomic E-state index is 0.111. The maximum atomic E-state index is 13.7. The first kappa shape index (κ1) is 15.9. The molecule has 5 heteroatoms. The van der Waals surface area contributed by atoms with E-state index in [1.54, 1.807) is 6.92 Å². The predicted molar refractivity (Wildman–Crippen MR) is 77.5 cm³/mol. The second-order valence-electron chi connectivity index (χ2n) is 6.17. The third-order valence-corrected chi connectivity index (χ3v) is 4.36. The molecule has 3 unspecified atom stereocenters. The van der Waals surface area contributed by atoms with E-state index in [1.807, 2.05) is 6.92 Å². The molecule has 0 saturated heterocycles. The molecule has 0 aromatic heterocycles. The molecule has 0 radical (unpaired) electrons. The average Bonchev–Trinajstić information content (AvgIpc) is 2.37. The molecule has 1 aromatic carbocycles.